The van der Waals surface area contributed by atoms with Crippen molar-refractivity contribution in [3.8, 4) is 0 Å². The molecule has 1 heterocycles. The Balaban J connectivity index is 2.44. The maximum absolute atomic E-state index is 4.14. The summed E-state index contributed by atoms with van der Waals surface area (Å²) in [6, 6.07) is 0. The molecule has 3 heteroatoms. The Labute approximate surface area is 70.8 Å². The fraction of sp³-hybridized carbons (Fsp3) is 0.125. The molecule has 0 aromatic heterocycles. The first-order valence-electron chi connectivity index (χ1n) is 3.33. The van der Waals surface area contributed by atoms with Crippen molar-refractivity contribution in [3.05, 3.63) is 37.2 Å². The number of hydrogen-bond acceptors (Lipinski definition) is 3. The van der Waals surface area contributed by atoms with E-state index >= 15 is 0 Å². The highest BCUT2D eigenvalue weighted by molar-refractivity contribution is 8.13. The lowest BCUT2D eigenvalue weighted by Gasteiger charge is -1.99. The molecule has 0 saturated heterocycles. The molecule has 0 aromatic carbocycles. The number of rotatable bonds is 2. The molecule has 0 unspecified atom stereocenters. The van der Waals surface area contributed by atoms with Gasteiger partial charge in [-0.3, -0.25) is 0 Å². The van der Waals surface area contributed by atoms with E-state index in [9.17, 15) is 0 Å². The number of aliphatic imine (C=N–C) groups is 1. The van der Waals surface area contributed by atoms with Gasteiger partial charge in [0.15, 0.2) is 5.17 Å². The largest absolute Gasteiger partial charge is 0.341 e. The number of nitrogens with zero attached hydrogens (tertiary/aromatic N) is 1. The summed E-state index contributed by atoms with van der Waals surface area (Å²) in [6.07, 6.45) is 9.27. The van der Waals surface area contributed by atoms with Crippen molar-refractivity contribution in [2.75, 3.05) is 5.75 Å². The average molecular weight is 166 g/mol. The highest BCUT2D eigenvalue weighted by Crippen LogP contribution is 2.03. The van der Waals surface area contributed by atoms with Gasteiger partial charge in [0.1, 0.15) is 0 Å². The topological polar surface area (TPSA) is 24.4 Å². The quantitative estimate of drug-likeness (QED) is 0.633. The van der Waals surface area contributed by atoms with Crippen molar-refractivity contribution in [1.82, 2.24) is 5.32 Å². The molecule has 0 aromatic rings. The maximum Gasteiger partial charge on any atom is 0.165 e. The van der Waals surface area contributed by atoms with Crippen molar-refractivity contribution in [2.24, 2.45) is 4.99 Å². The average Bonchev–Trinajstić information content (AvgIpc) is 2.28. The molecular formula is C8H10N2S. The monoisotopic (exact) mass is 166 g/mol. The van der Waals surface area contributed by atoms with Crippen LogP contribution in [0.1, 0.15) is 0 Å². The Kier molecular flexibility index (Phi) is 3.55. The third kappa shape index (κ3) is 3.09. The van der Waals surface area contributed by atoms with Crippen LogP contribution < -0.4 is 5.32 Å². The number of hydrogen-bond donors (Lipinski definition) is 1. The molecule has 0 bridgehead atoms. The Bertz CT molecular complexity index is 216. The van der Waals surface area contributed by atoms with Gasteiger partial charge < -0.3 is 5.32 Å². The molecule has 0 radical (unpaired) electrons. The molecule has 0 fully saturated rings. The zero-order valence-corrected chi connectivity index (χ0v) is 6.97. The van der Waals surface area contributed by atoms with E-state index in [4.69, 9.17) is 0 Å². The van der Waals surface area contributed by atoms with E-state index in [1.165, 1.54) is 0 Å². The van der Waals surface area contributed by atoms with Gasteiger partial charge in [-0.25, -0.2) is 4.99 Å². The molecule has 2 nitrogen and oxygen atoms in total. The lowest BCUT2D eigenvalue weighted by Crippen LogP contribution is -2.12. The van der Waals surface area contributed by atoms with Gasteiger partial charge in [0.25, 0.3) is 0 Å². The van der Waals surface area contributed by atoms with E-state index in [1.54, 1.807) is 18.0 Å². The molecule has 0 atom stereocenters. The van der Waals surface area contributed by atoms with Crippen LogP contribution in [0.5, 0.6) is 0 Å². The van der Waals surface area contributed by atoms with E-state index in [2.05, 4.69) is 16.9 Å². The minimum absolute atomic E-state index is 0.882. The lowest BCUT2D eigenvalue weighted by atomic mass is 10.6. The van der Waals surface area contributed by atoms with Crippen molar-refractivity contribution in [2.45, 2.75) is 0 Å². The van der Waals surface area contributed by atoms with Crippen molar-refractivity contribution in [3.63, 3.8) is 0 Å². The predicted molar refractivity (Wildman–Crippen MR) is 51.5 cm³/mol. The first-order valence-corrected chi connectivity index (χ1v) is 4.32. The number of amidine groups is 1. The van der Waals surface area contributed by atoms with E-state index in [-0.39, 0.29) is 0 Å². The second-order valence-corrected chi connectivity index (χ2v) is 2.89. The summed E-state index contributed by atoms with van der Waals surface area (Å²) < 4.78 is 0. The van der Waals surface area contributed by atoms with Crippen molar-refractivity contribution >= 4 is 16.9 Å². The summed E-state index contributed by atoms with van der Waals surface area (Å²) in [4.78, 5) is 4.14. The van der Waals surface area contributed by atoms with Crippen molar-refractivity contribution in [1.29, 1.82) is 0 Å². The van der Waals surface area contributed by atoms with Gasteiger partial charge in [-0.05, 0) is 12.2 Å². The first kappa shape index (κ1) is 8.14. The second-order valence-electron chi connectivity index (χ2n) is 1.88. The van der Waals surface area contributed by atoms with Gasteiger partial charge in [-0.15, -0.1) is 6.58 Å². The summed E-state index contributed by atoms with van der Waals surface area (Å²) in [6.45, 7) is 3.63. The Morgan fingerprint density at radius 3 is 3.36 bits per heavy atom. The summed E-state index contributed by atoms with van der Waals surface area (Å²) in [7, 11) is 0. The maximum atomic E-state index is 4.14. The number of nitrogens with one attached hydrogen (secondary N) is 1. The fourth-order valence-corrected chi connectivity index (χ4v) is 1.15. The van der Waals surface area contributed by atoms with Gasteiger partial charge in [-0.2, -0.15) is 0 Å². The second kappa shape index (κ2) is 4.79. The SMILES string of the molecule is C=CCSC1=NC=CC=CN1. The van der Waals surface area contributed by atoms with Crippen LogP contribution >= 0.6 is 11.8 Å². The zero-order chi connectivity index (χ0) is 7.94. The molecule has 1 aliphatic rings. The Hall–Kier alpha value is -0.960. The van der Waals surface area contributed by atoms with E-state index in [1.807, 2.05) is 24.4 Å². The molecular weight excluding hydrogens is 156 g/mol. The smallest absolute Gasteiger partial charge is 0.165 e. The van der Waals surface area contributed by atoms with Gasteiger partial charge >= 0.3 is 0 Å². The van der Waals surface area contributed by atoms with Crippen LogP contribution in [0.3, 0.4) is 0 Å². The molecule has 0 aliphatic carbocycles. The molecule has 58 valence electrons. The highest BCUT2D eigenvalue weighted by Gasteiger charge is 1.94. The van der Waals surface area contributed by atoms with Crippen LogP contribution in [0, 0.1) is 0 Å². The number of thioether (sulfide) groups is 1. The number of allylic oxidation sites excluding steroid dienone is 2. The molecule has 1 aliphatic heterocycles. The first-order chi connectivity index (χ1) is 5.43. The molecule has 0 saturated carbocycles. The minimum Gasteiger partial charge on any atom is -0.341 e. The van der Waals surface area contributed by atoms with Gasteiger partial charge in [0.2, 0.25) is 0 Å². The van der Waals surface area contributed by atoms with Gasteiger partial charge in [0.05, 0.1) is 0 Å². The molecule has 0 spiro atoms. The van der Waals surface area contributed by atoms with Crippen molar-refractivity contribution < 1.29 is 0 Å². The van der Waals surface area contributed by atoms with Crippen LogP contribution in [0.25, 0.3) is 0 Å². The van der Waals surface area contributed by atoms with Crippen LogP contribution in [0.2, 0.25) is 0 Å². The van der Waals surface area contributed by atoms with Crippen LogP contribution in [0.15, 0.2) is 42.2 Å². The molecule has 1 N–H and O–H groups in total. The van der Waals surface area contributed by atoms with Crippen LogP contribution in [0.4, 0.5) is 0 Å². The summed E-state index contributed by atoms with van der Waals surface area (Å²) in [5.41, 5.74) is 0. The standard InChI is InChI=1S/C8H10N2S/c1-2-7-11-8-9-5-3-4-6-10-8/h2-6H,1,7H2,(H,9,10). The molecule has 1 rings (SSSR count). The van der Waals surface area contributed by atoms with Crippen LogP contribution in [-0.2, 0) is 0 Å². The fourth-order valence-electron chi connectivity index (χ4n) is 0.589. The molecule has 11 heavy (non-hydrogen) atoms. The zero-order valence-electron chi connectivity index (χ0n) is 6.16. The summed E-state index contributed by atoms with van der Waals surface area (Å²) in [5, 5.41) is 3.95. The normalized spacial score (nSPS) is 15.1. The highest BCUT2D eigenvalue weighted by atomic mass is 32.2. The van der Waals surface area contributed by atoms with E-state index in [0.29, 0.717) is 0 Å². The Morgan fingerprint density at radius 2 is 2.55 bits per heavy atom. The predicted octanol–water partition coefficient (Wildman–Crippen LogP) is 1.89. The van der Waals surface area contributed by atoms with Gasteiger partial charge in [-0.1, -0.05) is 17.8 Å². The lowest BCUT2D eigenvalue weighted by molar-refractivity contribution is 1.31. The van der Waals surface area contributed by atoms with E-state index in [0.717, 1.165) is 10.9 Å². The van der Waals surface area contributed by atoms with Gasteiger partial charge in [0, 0.05) is 18.2 Å². The minimum atomic E-state index is 0.882. The summed E-state index contributed by atoms with van der Waals surface area (Å²) >= 11 is 1.63. The third-order valence-corrected chi connectivity index (χ3v) is 1.93. The Morgan fingerprint density at radius 1 is 1.64 bits per heavy atom. The summed E-state index contributed by atoms with van der Waals surface area (Å²) in [5.74, 6) is 0.882. The third-order valence-electron chi connectivity index (χ3n) is 1.03. The molecule has 0 amide bonds. The van der Waals surface area contributed by atoms with Crippen LogP contribution in [-0.4, -0.2) is 10.9 Å². The van der Waals surface area contributed by atoms with E-state index < -0.39 is 0 Å².